The predicted octanol–water partition coefficient (Wildman–Crippen LogP) is 2.45. The van der Waals surface area contributed by atoms with Crippen LogP contribution in [0, 0.1) is 5.82 Å². The van der Waals surface area contributed by atoms with Crippen LogP contribution in [0.1, 0.15) is 24.1 Å². The molecule has 1 aromatic carbocycles. The average Bonchev–Trinajstić information content (AvgIpc) is 2.33. The number of alkyl halides is 3. The van der Waals surface area contributed by atoms with Crippen LogP contribution in [-0.2, 0) is 15.8 Å². The van der Waals surface area contributed by atoms with E-state index < -0.39 is 35.1 Å². The van der Waals surface area contributed by atoms with Crippen molar-refractivity contribution in [3.63, 3.8) is 0 Å². The molecule has 0 spiro atoms. The molecule has 0 bridgehead atoms. The fourth-order valence-corrected chi connectivity index (χ4v) is 1.73. The van der Waals surface area contributed by atoms with Gasteiger partial charge < -0.3 is 10.0 Å². The predicted molar refractivity (Wildman–Crippen MR) is 60.2 cm³/mol. The quantitative estimate of drug-likeness (QED) is 0.670. The highest BCUT2D eigenvalue weighted by molar-refractivity contribution is 5.78. The first-order valence-corrected chi connectivity index (χ1v) is 5.52. The summed E-state index contributed by atoms with van der Waals surface area (Å²) < 4.78 is 51.0. The molecule has 0 radical (unpaired) electrons. The molecule has 1 N–H and O–H groups in total. The zero-order valence-electron chi connectivity index (χ0n) is 10.3. The van der Waals surface area contributed by atoms with E-state index in [-0.39, 0.29) is 19.0 Å². The van der Waals surface area contributed by atoms with E-state index >= 15 is 0 Å². The molecule has 1 atom stereocenters. The first kappa shape index (κ1) is 15.9. The average molecular weight is 293 g/mol. The lowest BCUT2D eigenvalue weighted by molar-refractivity contribution is -0.147. The van der Waals surface area contributed by atoms with Crippen LogP contribution in [0.4, 0.5) is 17.6 Å². The van der Waals surface area contributed by atoms with E-state index in [1.165, 1.54) is 6.92 Å². The Morgan fingerprint density at radius 3 is 2.40 bits per heavy atom. The minimum atomic E-state index is -4.81. The Hall–Kier alpha value is -2.12. The van der Waals surface area contributed by atoms with E-state index in [0.29, 0.717) is 12.1 Å². The molecule has 0 saturated carbocycles. The van der Waals surface area contributed by atoms with E-state index in [0.717, 1.165) is 4.90 Å². The van der Waals surface area contributed by atoms with Crippen molar-refractivity contribution in [1.82, 2.24) is 4.90 Å². The van der Waals surface area contributed by atoms with Gasteiger partial charge in [-0.3, -0.25) is 4.79 Å². The first-order valence-electron chi connectivity index (χ1n) is 5.52. The molecule has 110 valence electrons. The van der Waals surface area contributed by atoms with Gasteiger partial charge in [0.25, 0.3) is 0 Å². The minimum absolute atomic E-state index is 0.0433. The van der Waals surface area contributed by atoms with Gasteiger partial charge in [-0.1, -0.05) is 0 Å². The van der Waals surface area contributed by atoms with E-state index in [1.54, 1.807) is 0 Å². The number of likely N-dealkylation sites (N-methyl/N-ethyl adjacent to an activating group) is 1. The molecule has 20 heavy (non-hydrogen) atoms. The number of halogens is 4. The number of hydrogen-bond donors (Lipinski definition) is 1. The number of carboxylic acid groups (broad SMARTS) is 1. The third-order valence-corrected chi connectivity index (χ3v) is 2.63. The van der Waals surface area contributed by atoms with Crippen LogP contribution in [-0.4, -0.2) is 28.9 Å². The largest absolute Gasteiger partial charge is 0.479 e. The minimum Gasteiger partial charge on any atom is -0.479 e. The maximum absolute atomic E-state index is 13.3. The highest BCUT2D eigenvalue weighted by Crippen LogP contribution is 2.32. The fraction of sp³-hybridized carbons (Fsp3) is 0.333. The SMILES string of the molecule is CCN(C=O)C(C(=O)O)c1cc(F)cc(C(F)(F)F)c1. The summed E-state index contributed by atoms with van der Waals surface area (Å²) in [5.41, 5.74) is -1.75. The summed E-state index contributed by atoms with van der Waals surface area (Å²) in [6.07, 6.45) is -4.62. The van der Waals surface area contributed by atoms with Gasteiger partial charge >= 0.3 is 12.1 Å². The standard InChI is InChI=1S/C12H11F4NO3/c1-2-17(6-18)10(11(19)20)7-3-8(12(14,15)16)5-9(13)4-7/h3-6,10H,2H2,1H3,(H,19,20). The van der Waals surface area contributed by atoms with Gasteiger partial charge in [0.05, 0.1) is 5.56 Å². The van der Waals surface area contributed by atoms with Crippen molar-refractivity contribution in [2.75, 3.05) is 6.54 Å². The third kappa shape index (κ3) is 3.46. The van der Waals surface area contributed by atoms with Crippen LogP contribution in [0.25, 0.3) is 0 Å². The number of carboxylic acids is 1. The van der Waals surface area contributed by atoms with Crippen molar-refractivity contribution in [3.8, 4) is 0 Å². The van der Waals surface area contributed by atoms with Gasteiger partial charge in [0.2, 0.25) is 6.41 Å². The summed E-state index contributed by atoms with van der Waals surface area (Å²) in [5.74, 6) is -2.76. The number of aliphatic carboxylic acids is 1. The van der Waals surface area contributed by atoms with Crippen molar-refractivity contribution >= 4 is 12.4 Å². The summed E-state index contributed by atoms with van der Waals surface area (Å²) in [6, 6.07) is -0.220. The Balaban J connectivity index is 3.38. The van der Waals surface area contributed by atoms with Gasteiger partial charge in [-0.15, -0.1) is 0 Å². The van der Waals surface area contributed by atoms with Crippen molar-refractivity contribution in [3.05, 3.63) is 35.1 Å². The molecule has 1 unspecified atom stereocenters. The lowest BCUT2D eigenvalue weighted by atomic mass is 10.0. The van der Waals surface area contributed by atoms with Crippen LogP contribution in [0.2, 0.25) is 0 Å². The maximum atomic E-state index is 13.3. The highest BCUT2D eigenvalue weighted by atomic mass is 19.4. The molecule has 1 rings (SSSR count). The van der Waals surface area contributed by atoms with Crippen LogP contribution in [0.3, 0.4) is 0 Å². The van der Waals surface area contributed by atoms with Gasteiger partial charge in [0.1, 0.15) is 5.82 Å². The Morgan fingerprint density at radius 2 is 2.00 bits per heavy atom. The van der Waals surface area contributed by atoms with Crippen molar-refractivity contribution in [1.29, 1.82) is 0 Å². The van der Waals surface area contributed by atoms with Crippen LogP contribution in [0.15, 0.2) is 18.2 Å². The number of carbonyl (C=O) groups excluding carboxylic acids is 1. The zero-order valence-corrected chi connectivity index (χ0v) is 10.3. The Labute approximate surface area is 111 Å². The molecule has 1 amide bonds. The zero-order chi connectivity index (χ0) is 15.5. The Kier molecular flexibility index (Phi) is 4.69. The topological polar surface area (TPSA) is 57.6 Å². The molecule has 0 aromatic heterocycles. The van der Waals surface area contributed by atoms with E-state index in [9.17, 15) is 27.2 Å². The van der Waals surface area contributed by atoms with Gasteiger partial charge in [-0.05, 0) is 30.7 Å². The lowest BCUT2D eigenvalue weighted by Crippen LogP contribution is -2.33. The second-order valence-corrected chi connectivity index (χ2v) is 3.95. The Morgan fingerprint density at radius 1 is 1.40 bits per heavy atom. The van der Waals surface area contributed by atoms with E-state index in [1.807, 2.05) is 0 Å². The summed E-state index contributed by atoms with van der Waals surface area (Å²) in [7, 11) is 0. The number of nitrogens with zero attached hydrogens (tertiary/aromatic N) is 1. The van der Waals surface area contributed by atoms with Gasteiger partial charge in [-0.2, -0.15) is 13.2 Å². The fourth-order valence-electron chi connectivity index (χ4n) is 1.73. The summed E-state index contributed by atoms with van der Waals surface area (Å²) in [6.45, 7) is 1.41. The summed E-state index contributed by atoms with van der Waals surface area (Å²) in [4.78, 5) is 22.7. The molecule has 0 saturated heterocycles. The third-order valence-electron chi connectivity index (χ3n) is 2.63. The molecular weight excluding hydrogens is 282 g/mol. The van der Waals surface area contributed by atoms with Gasteiger partial charge in [-0.25, -0.2) is 9.18 Å². The molecule has 1 aromatic rings. The van der Waals surface area contributed by atoms with Crippen molar-refractivity contribution in [2.24, 2.45) is 0 Å². The first-order chi connectivity index (χ1) is 9.20. The molecule has 0 fully saturated rings. The molecule has 0 aliphatic carbocycles. The van der Waals surface area contributed by atoms with Crippen LogP contribution >= 0.6 is 0 Å². The van der Waals surface area contributed by atoms with E-state index in [2.05, 4.69) is 0 Å². The second-order valence-electron chi connectivity index (χ2n) is 3.95. The molecule has 0 aliphatic rings. The second kappa shape index (κ2) is 5.89. The lowest BCUT2D eigenvalue weighted by Gasteiger charge is -2.24. The highest BCUT2D eigenvalue weighted by Gasteiger charge is 2.34. The van der Waals surface area contributed by atoms with Gasteiger partial charge in [0, 0.05) is 6.54 Å². The monoisotopic (exact) mass is 293 g/mol. The summed E-state index contributed by atoms with van der Waals surface area (Å²) in [5, 5.41) is 9.04. The molecule has 4 nitrogen and oxygen atoms in total. The van der Waals surface area contributed by atoms with Crippen LogP contribution < -0.4 is 0 Å². The van der Waals surface area contributed by atoms with Gasteiger partial charge in [0.15, 0.2) is 6.04 Å². The van der Waals surface area contributed by atoms with E-state index in [4.69, 9.17) is 5.11 Å². The van der Waals surface area contributed by atoms with Crippen LogP contribution in [0.5, 0.6) is 0 Å². The smallest absolute Gasteiger partial charge is 0.416 e. The molecular formula is C12H11F4NO3. The number of amides is 1. The number of hydrogen-bond acceptors (Lipinski definition) is 2. The molecule has 8 heteroatoms. The number of carbonyl (C=O) groups is 2. The van der Waals surface area contributed by atoms with Crippen molar-refractivity contribution in [2.45, 2.75) is 19.1 Å². The molecule has 0 heterocycles. The normalized spacial score (nSPS) is 12.8. The number of rotatable bonds is 5. The van der Waals surface area contributed by atoms with Crippen molar-refractivity contribution < 1.29 is 32.3 Å². The number of benzene rings is 1. The summed E-state index contributed by atoms with van der Waals surface area (Å²) >= 11 is 0. The maximum Gasteiger partial charge on any atom is 0.416 e. The molecule has 0 aliphatic heterocycles. The Bertz CT molecular complexity index is 516.